The first-order valence-corrected chi connectivity index (χ1v) is 10.4. The molecule has 0 saturated carbocycles. The average Bonchev–Trinajstić information content (AvgIpc) is 3.15. The highest BCUT2D eigenvalue weighted by Crippen LogP contribution is 2.29. The van der Waals surface area contributed by atoms with E-state index in [9.17, 15) is 9.59 Å². The fourth-order valence-corrected chi connectivity index (χ4v) is 4.53. The van der Waals surface area contributed by atoms with Gasteiger partial charge in [-0.3, -0.25) is 4.79 Å². The van der Waals surface area contributed by atoms with Crippen molar-refractivity contribution in [3.05, 3.63) is 53.0 Å². The molecule has 2 heterocycles. The summed E-state index contributed by atoms with van der Waals surface area (Å²) in [5.41, 5.74) is 3.16. The third kappa shape index (κ3) is 4.07. The number of aryl methyl sites for hydroxylation is 1. The van der Waals surface area contributed by atoms with E-state index in [0.717, 1.165) is 52.3 Å². The van der Waals surface area contributed by atoms with Crippen molar-refractivity contribution in [1.29, 1.82) is 0 Å². The Balaban J connectivity index is 1.47. The number of nitrogens with zero attached hydrogens (tertiary/aromatic N) is 2. The Morgan fingerprint density at radius 1 is 1.00 bits per heavy atom. The number of carboxylic acids is 1. The number of carbonyl (C=O) groups is 2. The summed E-state index contributed by atoms with van der Waals surface area (Å²) in [4.78, 5) is 30.1. The summed E-state index contributed by atoms with van der Waals surface area (Å²) < 4.78 is 1.10. The van der Waals surface area contributed by atoms with Crippen LogP contribution < -0.4 is 0 Å². The molecular weight excluding hydrogens is 372 g/mol. The molecule has 28 heavy (non-hydrogen) atoms. The molecule has 1 fully saturated rings. The molecule has 6 heteroatoms. The molecule has 3 aromatic rings. The van der Waals surface area contributed by atoms with Crippen molar-refractivity contribution in [2.45, 2.75) is 32.1 Å². The van der Waals surface area contributed by atoms with E-state index in [0.29, 0.717) is 12.8 Å². The van der Waals surface area contributed by atoms with E-state index < -0.39 is 5.97 Å². The van der Waals surface area contributed by atoms with Crippen LogP contribution in [0.5, 0.6) is 0 Å². The molecule has 0 aliphatic carbocycles. The van der Waals surface area contributed by atoms with Gasteiger partial charge < -0.3 is 10.0 Å². The molecule has 4 rings (SSSR count). The van der Waals surface area contributed by atoms with Gasteiger partial charge >= 0.3 is 5.97 Å². The van der Waals surface area contributed by atoms with Crippen LogP contribution in [0.25, 0.3) is 21.3 Å². The number of hydrogen-bond acceptors (Lipinski definition) is 4. The first-order chi connectivity index (χ1) is 13.6. The van der Waals surface area contributed by atoms with Crippen LogP contribution in [-0.2, 0) is 11.2 Å². The Morgan fingerprint density at radius 3 is 2.43 bits per heavy atom. The number of hydrogen-bond donors (Lipinski definition) is 1. The van der Waals surface area contributed by atoms with Gasteiger partial charge in [-0.25, -0.2) is 9.78 Å². The van der Waals surface area contributed by atoms with Crippen LogP contribution in [0.1, 0.15) is 41.0 Å². The normalized spacial score (nSPS) is 14.4. The molecule has 1 saturated heterocycles. The van der Waals surface area contributed by atoms with Crippen molar-refractivity contribution < 1.29 is 14.7 Å². The first kappa shape index (κ1) is 18.6. The molecule has 1 aromatic heterocycles. The zero-order valence-electron chi connectivity index (χ0n) is 15.6. The summed E-state index contributed by atoms with van der Waals surface area (Å²) in [5.74, 6) is -0.691. The Labute approximate surface area is 167 Å². The summed E-state index contributed by atoms with van der Waals surface area (Å²) >= 11 is 1.64. The fourth-order valence-electron chi connectivity index (χ4n) is 3.58. The van der Waals surface area contributed by atoms with E-state index in [4.69, 9.17) is 10.1 Å². The van der Waals surface area contributed by atoms with Gasteiger partial charge in [0.15, 0.2) is 0 Å². The van der Waals surface area contributed by atoms with Gasteiger partial charge in [-0.05, 0) is 54.7 Å². The number of amides is 1. The van der Waals surface area contributed by atoms with E-state index in [1.165, 1.54) is 6.42 Å². The number of benzene rings is 2. The topological polar surface area (TPSA) is 70.5 Å². The number of aromatic nitrogens is 1. The largest absolute Gasteiger partial charge is 0.478 e. The molecule has 1 N–H and O–H groups in total. The highest BCUT2D eigenvalue weighted by Gasteiger charge is 2.17. The van der Waals surface area contributed by atoms with E-state index in [1.807, 2.05) is 35.2 Å². The molecule has 0 unspecified atom stereocenters. The minimum absolute atomic E-state index is 0.234. The lowest BCUT2D eigenvalue weighted by Crippen LogP contribution is -2.35. The number of fused-ring (bicyclic) bond motifs is 1. The Bertz CT molecular complexity index is 1000. The molecular formula is C22H22N2O3S. The predicted molar refractivity (Wildman–Crippen MR) is 111 cm³/mol. The minimum Gasteiger partial charge on any atom is -0.478 e. The number of rotatable bonds is 5. The zero-order chi connectivity index (χ0) is 19.5. The van der Waals surface area contributed by atoms with Crippen molar-refractivity contribution in [2.24, 2.45) is 0 Å². The van der Waals surface area contributed by atoms with Crippen LogP contribution in [0, 0.1) is 0 Å². The molecule has 0 spiro atoms. The number of carbonyl (C=O) groups excluding carboxylic acids is 1. The third-order valence-corrected chi connectivity index (χ3v) is 6.25. The Kier molecular flexibility index (Phi) is 5.39. The average molecular weight is 394 g/mol. The quantitative estimate of drug-likeness (QED) is 0.686. The van der Waals surface area contributed by atoms with Gasteiger partial charge in [0.25, 0.3) is 0 Å². The molecule has 5 nitrogen and oxygen atoms in total. The van der Waals surface area contributed by atoms with Crippen molar-refractivity contribution in [3.8, 4) is 11.1 Å². The standard InChI is InChI=1S/C22H22N2O3S/c25-21(24-12-2-1-3-13-24)11-10-20-23-18-14-17(8-9-19(18)28-20)15-4-6-16(7-5-15)22(26)27/h4-9,14H,1-3,10-13H2,(H,26,27). The second-order valence-corrected chi connectivity index (χ2v) is 8.23. The second kappa shape index (κ2) is 8.10. The summed E-state index contributed by atoms with van der Waals surface area (Å²) in [5, 5.41) is 10.0. The van der Waals surface area contributed by atoms with E-state index >= 15 is 0 Å². The molecule has 2 aromatic carbocycles. The highest BCUT2D eigenvalue weighted by atomic mass is 32.1. The predicted octanol–water partition coefficient (Wildman–Crippen LogP) is 4.61. The van der Waals surface area contributed by atoms with Crippen LogP contribution in [0.4, 0.5) is 0 Å². The first-order valence-electron chi connectivity index (χ1n) is 9.61. The summed E-state index contributed by atoms with van der Waals surface area (Å²) in [6, 6.07) is 12.9. The second-order valence-electron chi connectivity index (χ2n) is 7.11. The monoisotopic (exact) mass is 394 g/mol. The molecule has 1 aliphatic heterocycles. The van der Waals surface area contributed by atoms with Crippen molar-refractivity contribution >= 4 is 33.4 Å². The van der Waals surface area contributed by atoms with Crippen LogP contribution in [0.3, 0.4) is 0 Å². The molecule has 0 bridgehead atoms. The van der Waals surface area contributed by atoms with Gasteiger partial charge in [0.2, 0.25) is 5.91 Å². The van der Waals surface area contributed by atoms with Crippen molar-refractivity contribution in [3.63, 3.8) is 0 Å². The minimum atomic E-state index is -0.926. The molecule has 1 amide bonds. The van der Waals surface area contributed by atoms with Gasteiger partial charge in [-0.15, -0.1) is 11.3 Å². The maximum atomic E-state index is 12.4. The van der Waals surface area contributed by atoms with Crippen LogP contribution >= 0.6 is 11.3 Å². The van der Waals surface area contributed by atoms with Gasteiger partial charge in [0, 0.05) is 25.9 Å². The fraction of sp³-hybridized carbons (Fsp3) is 0.318. The maximum Gasteiger partial charge on any atom is 0.335 e. The number of piperidine rings is 1. The van der Waals surface area contributed by atoms with Crippen LogP contribution in [0.15, 0.2) is 42.5 Å². The summed E-state index contributed by atoms with van der Waals surface area (Å²) in [6.07, 6.45) is 4.65. The SMILES string of the molecule is O=C(O)c1ccc(-c2ccc3sc(CCC(=O)N4CCCCC4)nc3c2)cc1. The highest BCUT2D eigenvalue weighted by molar-refractivity contribution is 7.18. The molecule has 144 valence electrons. The summed E-state index contributed by atoms with van der Waals surface area (Å²) in [7, 11) is 0. The third-order valence-electron chi connectivity index (χ3n) is 5.16. The lowest BCUT2D eigenvalue weighted by molar-refractivity contribution is -0.132. The van der Waals surface area contributed by atoms with E-state index in [-0.39, 0.29) is 11.5 Å². The van der Waals surface area contributed by atoms with Gasteiger partial charge in [-0.2, -0.15) is 0 Å². The van der Waals surface area contributed by atoms with E-state index in [2.05, 4.69) is 0 Å². The van der Waals surface area contributed by atoms with E-state index in [1.54, 1.807) is 23.5 Å². The lowest BCUT2D eigenvalue weighted by Gasteiger charge is -2.26. The Hall–Kier alpha value is -2.73. The Morgan fingerprint density at radius 2 is 1.71 bits per heavy atom. The molecule has 1 aliphatic rings. The van der Waals surface area contributed by atoms with Gasteiger partial charge in [0.05, 0.1) is 20.8 Å². The maximum absolute atomic E-state index is 12.4. The number of carboxylic acid groups (broad SMARTS) is 1. The van der Waals surface area contributed by atoms with Crippen LogP contribution in [0.2, 0.25) is 0 Å². The lowest BCUT2D eigenvalue weighted by atomic mass is 10.0. The number of thiazole rings is 1. The van der Waals surface area contributed by atoms with Crippen molar-refractivity contribution in [1.82, 2.24) is 9.88 Å². The van der Waals surface area contributed by atoms with Gasteiger partial charge in [-0.1, -0.05) is 18.2 Å². The number of likely N-dealkylation sites (tertiary alicyclic amines) is 1. The summed E-state index contributed by atoms with van der Waals surface area (Å²) in [6.45, 7) is 1.78. The zero-order valence-corrected chi connectivity index (χ0v) is 16.4. The van der Waals surface area contributed by atoms with Crippen LogP contribution in [-0.4, -0.2) is 40.0 Å². The smallest absolute Gasteiger partial charge is 0.335 e. The van der Waals surface area contributed by atoms with Gasteiger partial charge in [0.1, 0.15) is 0 Å². The molecule has 0 atom stereocenters. The molecule has 0 radical (unpaired) electrons. The van der Waals surface area contributed by atoms with Crippen molar-refractivity contribution in [2.75, 3.05) is 13.1 Å². The number of aromatic carboxylic acids is 1.